The van der Waals surface area contributed by atoms with Gasteiger partial charge in [-0.3, -0.25) is 4.79 Å². The second-order valence-corrected chi connectivity index (χ2v) is 10.4. The lowest BCUT2D eigenvalue weighted by Gasteiger charge is -2.39. The summed E-state index contributed by atoms with van der Waals surface area (Å²) in [4.78, 5) is 35.9. The second-order valence-electron chi connectivity index (χ2n) is 10.4. The summed E-state index contributed by atoms with van der Waals surface area (Å²) in [6.45, 7) is 2.34. The Bertz CT molecular complexity index is 1590. The molecule has 2 fully saturated rings. The first-order chi connectivity index (χ1) is 19.6. The van der Waals surface area contributed by atoms with Gasteiger partial charge in [0.1, 0.15) is 17.9 Å². The summed E-state index contributed by atoms with van der Waals surface area (Å²) in [6.07, 6.45) is 1.66. The number of carboxylic acids is 1. The molecule has 2 saturated heterocycles. The van der Waals surface area contributed by atoms with Crippen molar-refractivity contribution in [3.8, 4) is 5.75 Å². The number of carbonyl (C=O) groups excluding carboxylic acids is 1. The van der Waals surface area contributed by atoms with Gasteiger partial charge in [-0.15, -0.1) is 0 Å². The summed E-state index contributed by atoms with van der Waals surface area (Å²) in [5.41, 5.74) is 1.35. The first-order valence-corrected chi connectivity index (χ1v) is 13.4. The molecule has 0 radical (unpaired) electrons. The molecule has 3 heterocycles. The minimum absolute atomic E-state index is 0.00240. The van der Waals surface area contributed by atoms with E-state index in [2.05, 4.69) is 16.0 Å². The molecule has 1 amide bonds. The van der Waals surface area contributed by atoms with E-state index in [-0.39, 0.29) is 17.2 Å². The largest absolute Gasteiger partial charge is 0.507 e. The number of alkyl halides is 3. The van der Waals surface area contributed by atoms with Crippen LogP contribution in [0.1, 0.15) is 42.5 Å². The number of aliphatic carboxylic acids is 1. The molecule has 11 heteroatoms. The van der Waals surface area contributed by atoms with Gasteiger partial charge in [-0.05, 0) is 67.1 Å². The molecule has 4 aromatic rings. The number of para-hydroxylation sites is 1. The Morgan fingerprint density at radius 2 is 1.49 bits per heavy atom. The van der Waals surface area contributed by atoms with Gasteiger partial charge in [0.15, 0.2) is 0 Å². The zero-order valence-electron chi connectivity index (χ0n) is 22.1. The Labute approximate surface area is 234 Å². The number of aromatic nitrogens is 2. The van der Waals surface area contributed by atoms with Crippen LogP contribution in [0.4, 0.5) is 19.0 Å². The second kappa shape index (κ2) is 11.2. The molecule has 1 unspecified atom stereocenters. The van der Waals surface area contributed by atoms with Gasteiger partial charge in [-0.1, -0.05) is 36.4 Å². The number of fused-ring (bicyclic) bond motifs is 2. The molecule has 41 heavy (non-hydrogen) atoms. The Balaban J connectivity index is 0.000000431. The van der Waals surface area contributed by atoms with E-state index in [1.54, 1.807) is 12.4 Å². The summed E-state index contributed by atoms with van der Waals surface area (Å²) in [5.74, 6) is -1.78. The summed E-state index contributed by atoms with van der Waals surface area (Å²) in [6, 6.07) is 19.5. The standard InChI is InChI=1S/C28H28N4O2.C2HF3O2/c33-25-18-21-8-2-1-7-20(21)17-23(25)27(34)31-14-5-11-28(13-16-31)12-6-15-32(28)26-22-9-3-4-10-24(22)29-19-30-26;3-2(4,5)1(6)7/h1-4,7-10,17-19,33H,5-6,11-16H2;(H,6,7). The van der Waals surface area contributed by atoms with Crippen LogP contribution in [0.25, 0.3) is 21.7 Å². The fourth-order valence-electron chi connectivity index (χ4n) is 5.95. The maximum atomic E-state index is 13.5. The molecule has 2 aliphatic rings. The van der Waals surface area contributed by atoms with Gasteiger partial charge in [0.05, 0.1) is 11.1 Å². The molecule has 3 aromatic carbocycles. The van der Waals surface area contributed by atoms with Crippen LogP contribution in [-0.4, -0.2) is 68.3 Å². The fraction of sp³-hybridized carbons (Fsp3) is 0.333. The van der Waals surface area contributed by atoms with Crippen LogP contribution >= 0.6 is 0 Å². The molecule has 1 atom stereocenters. The number of likely N-dealkylation sites (tertiary alicyclic amines) is 1. The van der Waals surface area contributed by atoms with E-state index in [0.717, 1.165) is 66.1 Å². The van der Waals surface area contributed by atoms with Gasteiger partial charge >= 0.3 is 12.1 Å². The Morgan fingerprint density at radius 3 is 2.20 bits per heavy atom. The Hall–Kier alpha value is -4.41. The van der Waals surface area contributed by atoms with Gasteiger partial charge in [-0.25, -0.2) is 14.8 Å². The van der Waals surface area contributed by atoms with Crippen LogP contribution in [0.2, 0.25) is 0 Å². The number of anilines is 1. The average molecular weight is 567 g/mol. The number of aromatic hydroxyl groups is 1. The van der Waals surface area contributed by atoms with Crippen LogP contribution in [0.5, 0.6) is 5.75 Å². The third-order valence-electron chi connectivity index (χ3n) is 7.92. The van der Waals surface area contributed by atoms with E-state index in [9.17, 15) is 23.1 Å². The number of carboxylic acid groups (broad SMARTS) is 1. The summed E-state index contributed by atoms with van der Waals surface area (Å²) < 4.78 is 31.7. The number of hydrogen-bond donors (Lipinski definition) is 2. The van der Waals surface area contributed by atoms with Crippen molar-refractivity contribution < 1.29 is 33.0 Å². The van der Waals surface area contributed by atoms with E-state index < -0.39 is 12.1 Å². The maximum Gasteiger partial charge on any atom is 0.490 e. The monoisotopic (exact) mass is 566 g/mol. The normalized spacial score (nSPS) is 19.2. The van der Waals surface area contributed by atoms with Gasteiger partial charge in [-0.2, -0.15) is 13.2 Å². The van der Waals surface area contributed by atoms with Crippen LogP contribution < -0.4 is 4.90 Å². The molecule has 2 N–H and O–H groups in total. The highest BCUT2D eigenvalue weighted by Gasteiger charge is 2.43. The lowest BCUT2D eigenvalue weighted by Crippen LogP contribution is -2.45. The zero-order chi connectivity index (χ0) is 29.2. The Kier molecular flexibility index (Phi) is 7.70. The average Bonchev–Trinajstić information content (AvgIpc) is 3.24. The van der Waals surface area contributed by atoms with Gasteiger partial charge in [0, 0.05) is 30.6 Å². The highest BCUT2D eigenvalue weighted by molar-refractivity contribution is 6.01. The number of nitrogens with zero attached hydrogens (tertiary/aromatic N) is 4. The van der Waals surface area contributed by atoms with Crippen LogP contribution in [0.3, 0.4) is 0 Å². The number of phenols is 1. The molecule has 0 bridgehead atoms. The third-order valence-corrected chi connectivity index (χ3v) is 7.92. The molecule has 2 aliphatic heterocycles. The van der Waals surface area contributed by atoms with Crippen molar-refractivity contribution in [2.45, 2.75) is 43.8 Å². The predicted octanol–water partition coefficient (Wildman–Crippen LogP) is 5.79. The number of carbonyl (C=O) groups is 2. The van der Waals surface area contributed by atoms with E-state index in [0.29, 0.717) is 18.7 Å². The number of hydrogen-bond acceptors (Lipinski definition) is 6. The molecule has 0 saturated carbocycles. The van der Waals surface area contributed by atoms with Gasteiger partial charge < -0.3 is 20.0 Å². The lowest BCUT2D eigenvalue weighted by molar-refractivity contribution is -0.192. The fourth-order valence-corrected chi connectivity index (χ4v) is 5.95. The highest BCUT2D eigenvalue weighted by Crippen LogP contribution is 2.42. The Morgan fingerprint density at radius 1 is 0.854 bits per heavy atom. The smallest absolute Gasteiger partial charge is 0.490 e. The SMILES string of the molecule is O=C(O)C(F)(F)F.O=C(c1cc2ccccc2cc1O)N1CCCC2(CCCN2c2ncnc3ccccc23)CC1. The van der Waals surface area contributed by atoms with E-state index in [4.69, 9.17) is 14.9 Å². The van der Waals surface area contributed by atoms with Crippen LogP contribution in [0.15, 0.2) is 67.0 Å². The molecule has 8 nitrogen and oxygen atoms in total. The highest BCUT2D eigenvalue weighted by atomic mass is 19.4. The number of benzene rings is 3. The molecule has 6 rings (SSSR count). The molecular weight excluding hydrogens is 537 g/mol. The summed E-state index contributed by atoms with van der Waals surface area (Å²) in [7, 11) is 0. The van der Waals surface area contributed by atoms with Crippen molar-refractivity contribution in [1.82, 2.24) is 14.9 Å². The van der Waals surface area contributed by atoms with E-state index >= 15 is 0 Å². The third kappa shape index (κ3) is 5.75. The minimum Gasteiger partial charge on any atom is -0.507 e. The van der Waals surface area contributed by atoms with E-state index in [1.807, 2.05) is 53.4 Å². The topological polar surface area (TPSA) is 107 Å². The van der Waals surface area contributed by atoms with Gasteiger partial charge in [0.25, 0.3) is 5.91 Å². The molecular formula is C30H29F3N4O4. The van der Waals surface area contributed by atoms with Crippen molar-refractivity contribution in [3.05, 3.63) is 72.6 Å². The zero-order valence-corrected chi connectivity index (χ0v) is 22.1. The maximum absolute atomic E-state index is 13.5. The first kappa shape index (κ1) is 28.1. The number of rotatable bonds is 2. The molecule has 214 valence electrons. The number of halogens is 3. The molecule has 0 aliphatic carbocycles. The summed E-state index contributed by atoms with van der Waals surface area (Å²) >= 11 is 0. The van der Waals surface area contributed by atoms with E-state index in [1.165, 1.54) is 0 Å². The number of amides is 1. The van der Waals surface area contributed by atoms with Crippen LogP contribution in [0, 0.1) is 0 Å². The lowest BCUT2D eigenvalue weighted by atomic mass is 9.87. The summed E-state index contributed by atoms with van der Waals surface area (Å²) in [5, 5.41) is 20.7. The minimum atomic E-state index is -5.08. The first-order valence-electron chi connectivity index (χ1n) is 13.4. The van der Waals surface area contributed by atoms with Crippen molar-refractivity contribution in [1.29, 1.82) is 0 Å². The predicted molar refractivity (Wildman–Crippen MR) is 148 cm³/mol. The van der Waals surface area contributed by atoms with Crippen molar-refractivity contribution >= 4 is 39.4 Å². The molecule has 1 spiro atoms. The number of phenolic OH excluding ortho intramolecular Hbond substituents is 1. The molecule has 1 aromatic heterocycles. The quantitative estimate of drug-likeness (QED) is 0.316. The van der Waals surface area contributed by atoms with Crippen LogP contribution in [-0.2, 0) is 4.79 Å². The van der Waals surface area contributed by atoms with Gasteiger partial charge in [0.2, 0.25) is 0 Å². The van der Waals surface area contributed by atoms with Crippen molar-refractivity contribution in [3.63, 3.8) is 0 Å². The van der Waals surface area contributed by atoms with Crippen molar-refractivity contribution in [2.24, 2.45) is 0 Å². The van der Waals surface area contributed by atoms with Crippen molar-refractivity contribution in [2.75, 3.05) is 24.5 Å².